The number of para-hydroxylation sites is 1. The number of hydrogen-bond donors (Lipinski definition) is 2. The Morgan fingerprint density at radius 2 is 2.05 bits per heavy atom. The van der Waals surface area contributed by atoms with Crippen molar-refractivity contribution in [1.82, 2.24) is 15.0 Å². The highest BCUT2D eigenvalue weighted by Crippen LogP contribution is 2.27. The summed E-state index contributed by atoms with van der Waals surface area (Å²) in [6, 6.07) is 4.52. The molecular weight excluding hydrogens is 258 g/mol. The lowest BCUT2D eigenvalue weighted by Gasteiger charge is -2.07. The van der Waals surface area contributed by atoms with Crippen LogP contribution in [0.5, 0.6) is 5.75 Å². The van der Waals surface area contributed by atoms with E-state index < -0.39 is 5.97 Å². The van der Waals surface area contributed by atoms with Crippen LogP contribution in [0.2, 0.25) is 0 Å². The molecule has 2 N–H and O–H groups in total. The van der Waals surface area contributed by atoms with Crippen LogP contribution in [-0.4, -0.2) is 31.2 Å². The van der Waals surface area contributed by atoms with Crippen LogP contribution in [0.1, 0.15) is 48.7 Å². The largest absolute Gasteiger partial charge is 0.505 e. The molecule has 0 unspecified atom stereocenters. The average Bonchev–Trinajstić information content (AvgIpc) is 2.89. The molecule has 2 rings (SSSR count). The first-order chi connectivity index (χ1) is 9.58. The molecule has 6 nitrogen and oxygen atoms in total. The maximum atomic E-state index is 11.0. The number of phenols is 1. The van der Waals surface area contributed by atoms with Crippen LogP contribution in [0.15, 0.2) is 24.4 Å². The van der Waals surface area contributed by atoms with E-state index in [0.717, 1.165) is 18.5 Å². The molecule has 6 heteroatoms. The molecule has 0 atom stereocenters. The van der Waals surface area contributed by atoms with Gasteiger partial charge in [0, 0.05) is 5.92 Å². The molecule has 0 aliphatic rings. The molecule has 1 aromatic carbocycles. The van der Waals surface area contributed by atoms with Gasteiger partial charge in [-0.1, -0.05) is 25.1 Å². The fourth-order valence-electron chi connectivity index (χ4n) is 2.18. The smallest absolute Gasteiger partial charge is 0.339 e. The van der Waals surface area contributed by atoms with Crippen LogP contribution in [0.4, 0.5) is 0 Å². The third kappa shape index (κ3) is 2.49. The lowest BCUT2D eigenvalue weighted by Crippen LogP contribution is -2.02. The van der Waals surface area contributed by atoms with Gasteiger partial charge >= 0.3 is 5.97 Å². The Morgan fingerprint density at radius 3 is 2.65 bits per heavy atom. The van der Waals surface area contributed by atoms with Crippen molar-refractivity contribution in [3.63, 3.8) is 0 Å². The van der Waals surface area contributed by atoms with E-state index in [-0.39, 0.29) is 11.3 Å². The van der Waals surface area contributed by atoms with Gasteiger partial charge < -0.3 is 10.2 Å². The van der Waals surface area contributed by atoms with E-state index in [9.17, 15) is 9.90 Å². The number of aromatic nitrogens is 3. The van der Waals surface area contributed by atoms with Gasteiger partial charge in [-0.3, -0.25) is 0 Å². The second-order valence-corrected chi connectivity index (χ2v) is 4.58. The minimum atomic E-state index is -1.18. The highest BCUT2D eigenvalue weighted by atomic mass is 16.4. The van der Waals surface area contributed by atoms with Crippen molar-refractivity contribution in [2.75, 3.05) is 0 Å². The molecule has 106 valence electrons. The van der Waals surface area contributed by atoms with Crippen molar-refractivity contribution in [3.8, 4) is 11.4 Å². The zero-order valence-corrected chi connectivity index (χ0v) is 11.4. The van der Waals surface area contributed by atoms with Gasteiger partial charge in [-0.25, -0.2) is 9.48 Å². The first kappa shape index (κ1) is 14.0. The van der Waals surface area contributed by atoms with Gasteiger partial charge in [-0.2, -0.15) is 0 Å². The van der Waals surface area contributed by atoms with Crippen LogP contribution >= 0.6 is 0 Å². The number of carboxylic acid groups (broad SMARTS) is 1. The van der Waals surface area contributed by atoms with Crippen LogP contribution in [0.3, 0.4) is 0 Å². The predicted octanol–water partition coefficient (Wildman–Crippen LogP) is 2.57. The normalized spacial score (nSPS) is 10.9. The minimum Gasteiger partial charge on any atom is -0.505 e. The minimum absolute atomic E-state index is 0.151. The quantitative estimate of drug-likeness (QED) is 0.875. The lowest BCUT2D eigenvalue weighted by atomic mass is 10.0. The van der Waals surface area contributed by atoms with Gasteiger partial charge in [0.25, 0.3) is 0 Å². The maximum absolute atomic E-state index is 11.0. The van der Waals surface area contributed by atoms with Gasteiger partial charge in [0.15, 0.2) is 5.75 Å². The number of carboxylic acids is 1. The van der Waals surface area contributed by atoms with E-state index >= 15 is 0 Å². The molecule has 0 aliphatic heterocycles. The summed E-state index contributed by atoms with van der Waals surface area (Å²) < 4.78 is 1.41. The summed E-state index contributed by atoms with van der Waals surface area (Å²) in [6.45, 7) is 4.16. The standard InChI is InChI=1S/C14H17N3O3/c1-3-9(4-2)11-8-17(16-15-11)12-7-5-6-10(13(12)18)14(19)20/h5-9,18H,3-4H2,1-2H3,(H,19,20). The Kier molecular flexibility index (Phi) is 4.02. The summed E-state index contributed by atoms with van der Waals surface area (Å²) in [5.74, 6) is -1.17. The number of aromatic hydroxyl groups is 1. The van der Waals surface area contributed by atoms with Gasteiger partial charge in [-0.05, 0) is 25.0 Å². The van der Waals surface area contributed by atoms with E-state index in [1.54, 1.807) is 18.3 Å². The van der Waals surface area contributed by atoms with E-state index in [1.165, 1.54) is 10.7 Å². The number of hydrogen-bond acceptors (Lipinski definition) is 4. The number of carbonyl (C=O) groups is 1. The average molecular weight is 275 g/mol. The zero-order chi connectivity index (χ0) is 14.7. The molecule has 1 aromatic heterocycles. The molecule has 0 saturated carbocycles. The Hall–Kier alpha value is -2.37. The predicted molar refractivity (Wildman–Crippen MR) is 73.3 cm³/mol. The highest BCUT2D eigenvalue weighted by Gasteiger charge is 2.17. The van der Waals surface area contributed by atoms with Crippen molar-refractivity contribution in [1.29, 1.82) is 0 Å². The van der Waals surface area contributed by atoms with Crippen molar-refractivity contribution in [2.24, 2.45) is 0 Å². The van der Waals surface area contributed by atoms with Gasteiger partial charge in [0.1, 0.15) is 11.3 Å². The fraction of sp³-hybridized carbons (Fsp3) is 0.357. The molecule has 0 bridgehead atoms. The molecule has 2 aromatic rings. The second-order valence-electron chi connectivity index (χ2n) is 4.58. The second kappa shape index (κ2) is 5.73. The van der Waals surface area contributed by atoms with Crippen molar-refractivity contribution in [3.05, 3.63) is 35.7 Å². The van der Waals surface area contributed by atoms with Crippen LogP contribution in [-0.2, 0) is 0 Å². The number of benzene rings is 1. The highest BCUT2D eigenvalue weighted by molar-refractivity contribution is 5.92. The van der Waals surface area contributed by atoms with Crippen molar-refractivity contribution < 1.29 is 15.0 Å². The molecule has 20 heavy (non-hydrogen) atoms. The summed E-state index contributed by atoms with van der Waals surface area (Å²) in [5, 5.41) is 27.1. The van der Waals surface area contributed by atoms with E-state index in [0.29, 0.717) is 11.6 Å². The molecule has 0 spiro atoms. The summed E-state index contributed by atoms with van der Waals surface area (Å²) in [5.41, 5.74) is 1.01. The van der Waals surface area contributed by atoms with Gasteiger partial charge in [0.05, 0.1) is 11.9 Å². The van der Waals surface area contributed by atoms with Crippen LogP contribution in [0, 0.1) is 0 Å². The Labute approximate surface area is 116 Å². The van der Waals surface area contributed by atoms with Crippen molar-refractivity contribution >= 4 is 5.97 Å². The van der Waals surface area contributed by atoms with E-state index in [1.807, 2.05) is 0 Å². The first-order valence-corrected chi connectivity index (χ1v) is 6.56. The SMILES string of the molecule is CCC(CC)c1cn(-c2cccc(C(=O)O)c2O)nn1. The Balaban J connectivity index is 2.43. The van der Waals surface area contributed by atoms with Crippen molar-refractivity contribution in [2.45, 2.75) is 32.6 Å². The zero-order valence-electron chi connectivity index (χ0n) is 11.4. The number of rotatable bonds is 5. The molecule has 0 fully saturated rings. The fourth-order valence-corrected chi connectivity index (χ4v) is 2.18. The van der Waals surface area contributed by atoms with Crippen LogP contribution < -0.4 is 0 Å². The van der Waals surface area contributed by atoms with Crippen LogP contribution in [0.25, 0.3) is 5.69 Å². The summed E-state index contributed by atoms with van der Waals surface area (Å²) in [4.78, 5) is 11.0. The Morgan fingerprint density at radius 1 is 1.35 bits per heavy atom. The van der Waals surface area contributed by atoms with E-state index in [2.05, 4.69) is 24.2 Å². The summed E-state index contributed by atoms with van der Waals surface area (Å²) >= 11 is 0. The van der Waals surface area contributed by atoms with Gasteiger partial charge in [-0.15, -0.1) is 5.10 Å². The molecular formula is C14H17N3O3. The van der Waals surface area contributed by atoms with E-state index in [4.69, 9.17) is 5.11 Å². The maximum Gasteiger partial charge on any atom is 0.339 e. The lowest BCUT2D eigenvalue weighted by molar-refractivity contribution is 0.0693. The molecule has 0 saturated heterocycles. The number of aromatic carboxylic acids is 1. The summed E-state index contributed by atoms with van der Waals surface area (Å²) in [7, 11) is 0. The Bertz CT molecular complexity index is 618. The molecule has 0 radical (unpaired) electrons. The molecule has 1 heterocycles. The third-order valence-electron chi connectivity index (χ3n) is 3.41. The summed E-state index contributed by atoms with van der Waals surface area (Å²) in [6.07, 6.45) is 3.64. The number of nitrogens with zero attached hydrogens (tertiary/aromatic N) is 3. The molecule has 0 aliphatic carbocycles. The third-order valence-corrected chi connectivity index (χ3v) is 3.41. The van der Waals surface area contributed by atoms with Gasteiger partial charge in [0.2, 0.25) is 0 Å². The molecule has 0 amide bonds. The topological polar surface area (TPSA) is 88.2 Å². The first-order valence-electron chi connectivity index (χ1n) is 6.56. The monoisotopic (exact) mass is 275 g/mol.